The fraction of sp³-hybridized carbons (Fsp3) is 0.318. The summed E-state index contributed by atoms with van der Waals surface area (Å²) in [6.07, 6.45) is 7.12. The van der Waals surface area contributed by atoms with Gasteiger partial charge >= 0.3 is 5.97 Å². The number of hydrogen-bond acceptors (Lipinski definition) is 4. The van der Waals surface area contributed by atoms with E-state index in [1.54, 1.807) is 53.3 Å². The van der Waals surface area contributed by atoms with Crippen LogP contribution in [0.2, 0.25) is 0 Å². The molecule has 6 nitrogen and oxygen atoms in total. The van der Waals surface area contributed by atoms with Crippen LogP contribution < -0.4 is 0 Å². The van der Waals surface area contributed by atoms with Gasteiger partial charge < -0.3 is 14.4 Å². The van der Waals surface area contributed by atoms with Crippen LogP contribution in [-0.4, -0.2) is 45.0 Å². The average molecular weight is 410 g/mol. The molecule has 1 aromatic carbocycles. The van der Waals surface area contributed by atoms with Crippen molar-refractivity contribution in [3.63, 3.8) is 0 Å². The van der Waals surface area contributed by atoms with Crippen molar-refractivity contribution >= 4 is 35.3 Å². The summed E-state index contributed by atoms with van der Waals surface area (Å²) in [5.41, 5.74) is 1.35. The number of carboxylic acid groups (broad SMARTS) is 1. The molecule has 0 spiro atoms. The van der Waals surface area contributed by atoms with Gasteiger partial charge in [0.2, 0.25) is 0 Å². The lowest BCUT2D eigenvalue weighted by atomic mass is 9.94. The maximum absolute atomic E-state index is 13.0. The number of hydrogen-bond donors (Lipinski definition) is 1. The lowest BCUT2D eigenvalue weighted by Crippen LogP contribution is -2.41. The van der Waals surface area contributed by atoms with Gasteiger partial charge in [-0.3, -0.25) is 9.69 Å². The highest BCUT2D eigenvalue weighted by Gasteiger charge is 2.40. The second-order valence-electron chi connectivity index (χ2n) is 7.43. The van der Waals surface area contributed by atoms with E-state index in [0.717, 1.165) is 25.7 Å². The molecule has 1 aromatic heterocycles. The van der Waals surface area contributed by atoms with Crippen LogP contribution in [0.25, 0.3) is 17.4 Å². The Kier molecular flexibility index (Phi) is 5.24. The summed E-state index contributed by atoms with van der Waals surface area (Å²) in [7, 11) is 1.80. The Bertz CT molecular complexity index is 1000. The number of carboxylic acids is 1. The highest BCUT2D eigenvalue weighted by Crippen LogP contribution is 2.31. The van der Waals surface area contributed by atoms with Gasteiger partial charge in [0.25, 0.3) is 5.91 Å². The molecule has 0 atom stereocenters. The number of carbonyl (C=O) groups is 2. The minimum Gasteiger partial charge on any atom is -0.478 e. The van der Waals surface area contributed by atoms with Crippen molar-refractivity contribution in [3.05, 3.63) is 53.4 Å². The Morgan fingerprint density at radius 2 is 1.97 bits per heavy atom. The fourth-order valence-corrected chi connectivity index (χ4v) is 4.29. The number of carbonyl (C=O) groups excluding carboxylic acids is 1. The fourth-order valence-electron chi connectivity index (χ4n) is 3.96. The molecule has 2 heterocycles. The molecule has 4 rings (SSSR count). The highest BCUT2D eigenvalue weighted by molar-refractivity contribution is 7.80. The van der Waals surface area contributed by atoms with Gasteiger partial charge in [-0.05, 0) is 49.3 Å². The van der Waals surface area contributed by atoms with Crippen molar-refractivity contribution in [1.82, 2.24) is 9.80 Å². The van der Waals surface area contributed by atoms with Gasteiger partial charge in [0.1, 0.15) is 17.2 Å². The molecule has 7 heteroatoms. The first-order valence-electron chi connectivity index (χ1n) is 9.72. The zero-order valence-electron chi connectivity index (χ0n) is 16.1. The molecule has 150 valence electrons. The number of benzene rings is 1. The quantitative estimate of drug-likeness (QED) is 0.596. The molecule has 0 unspecified atom stereocenters. The summed E-state index contributed by atoms with van der Waals surface area (Å²) in [5.74, 6) is -0.0190. The molecule has 1 aliphatic heterocycles. The summed E-state index contributed by atoms with van der Waals surface area (Å²) in [4.78, 5) is 27.7. The van der Waals surface area contributed by atoms with Crippen molar-refractivity contribution in [2.45, 2.75) is 38.1 Å². The molecule has 2 aliphatic rings. The van der Waals surface area contributed by atoms with E-state index in [2.05, 4.69) is 0 Å². The Morgan fingerprint density at radius 1 is 1.21 bits per heavy atom. The minimum absolute atomic E-state index is 0.0878. The van der Waals surface area contributed by atoms with Gasteiger partial charge in [0, 0.05) is 24.7 Å². The van der Waals surface area contributed by atoms with Crippen LogP contribution >= 0.6 is 12.2 Å². The Hall–Kier alpha value is -2.93. The second-order valence-corrected chi connectivity index (χ2v) is 7.79. The van der Waals surface area contributed by atoms with Gasteiger partial charge in [0.05, 0.1) is 5.56 Å². The maximum atomic E-state index is 13.0. The molecular weight excluding hydrogens is 388 g/mol. The Balaban J connectivity index is 1.60. The van der Waals surface area contributed by atoms with E-state index < -0.39 is 5.97 Å². The first kappa shape index (κ1) is 19.4. The molecule has 1 saturated heterocycles. The molecule has 29 heavy (non-hydrogen) atoms. The van der Waals surface area contributed by atoms with E-state index in [-0.39, 0.29) is 17.5 Å². The number of nitrogens with zero attached hydrogens (tertiary/aromatic N) is 2. The Labute approximate surface area is 174 Å². The molecule has 2 aromatic rings. The number of furan rings is 1. The van der Waals surface area contributed by atoms with Gasteiger partial charge in [-0.15, -0.1) is 0 Å². The normalized spacial score (nSPS) is 19.4. The van der Waals surface area contributed by atoms with E-state index in [1.165, 1.54) is 12.5 Å². The van der Waals surface area contributed by atoms with Crippen LogP contribution in [0.1, 0.15) is 48.2 Å². The first-order chi connectivity index (χ1) is 14.0. The summed E-state index contributed by atoms with van der Waals surface area (Å²) in [6.45, 7) is 0. The zero-order chi connectivity index (χ0) is 20.5. The number of aromatic carboxylic acids is 1. The van der Waals surface area contributed by atoms with Crippen molar-refractivity contribution in [2.24, 2.45) is 0 Å². The predicted octanol–water partition coefficient (Wildman–Crippen LogP) is 4.38. The topological polar surface area (TPSA) is 74.0 Å². The van der Waals surface area contributed by atoms with Crippen LogP contribution in [-0.2, 0) is 4.79 Å². The number of thiocarbonyl (C=S) groups is 1. The van der Waals surface area contributed by atoms with Crippen LogP contribution in [0.3, 0.4) is 0 Å². The van der Waals surface area contributed by atoms with Gasteiger partial charge in [0.15, 0.2) is 5.11 Å². The van der Waals surface area contributed by atoms with E-state index in [0.29, 0.717) is 27.9 Å². The summed E-state index contributed by atoms with van der Waals surface area (Å²) in [5, 5.41) is 9.70. The van der Waals surface area contributed by atoms with E-state index in [4.69, 9.17) is 21.7 Å². The third kappa shape index (κ3) is 3.70. The summed E-state index contributed by atoms with van der Waals surface area (Å²) < 4.78 is 5.87. The third-order valence-corrected chi connectivity index (χ3v) is 6.00. The molecular formula is C22H22N2O4S. The van der Waals surface area contributed by atoms with Gasteiger partial charge in [-0.2, -0.15) is 0 Å². The van der Waals surface area contributed by atoms with E-state index in [1.807, 2.05) is 0 Å². The largest absolute Gasteiger partial charge is 0.478 e. The average Bonchev–Trinajstić information content (AvgIpc) is 3.28. The van der Waals surface area contributed by atoms with Gasteiger partial charge in [-0.1, -0.05) is 31.4 Å². The lowest BCUT2D eigenvalue weighted by molar-refractivity contribution is -0.124. The van der Waals surface area contributed by atoms with Crippen LogP contribution in [0.4, 0.5) is 0 Å². The SMILES string of the molecule is CN1C(=S)N(C2CCCCC2)C(=O)/C1=C/c1ccc(-c2cccc(C(=O)O)c2)o1. The minimum atomic E-state index is -0.991. The van der Waals surface area contributed by atoms with Gasteiger partial charge in [-0.25, -0.2) is 4.79 Å². The highest BCUT2D eigenvalue weighted by atomic mass is 32.1. The molecule has 2 fully saturated rings. The molecule has 0 radical (unpaired) electrons. The van der Waals surface area contributed by atoms with Crippen molar-refractivity contribution in [2.75, 3.05) is 7.05 Å². The molecule has 1 N–H and O–H groups in total. The van der Waals surface area contributed by atoms with Crippen molar-refractivity contribution in [3.8, 4) is 11.3 Å². The number of amides is 1. The number of rotatable bonds is 4. The van der Waals surface area contributed by atoms with Crippen LogP contribution in [0.5, 0.6) is 0 Å². The summed E-state index contributed by atoms with van der Waals surface area (Å²) in [6, 6.07) is 10.3. The Morgan fingerprint density at radius 3 is 2.69 bits per heavy atom. The third-order valence-electron chi connectivity index (χ3n) is 5.53. The first-order valence-corrected chi connectivity index (χ1v) is 10.1. The molecule has 1 amide bonds. The van der Waals surface area contributed by atoms with E-state index >= 15 is 0 Å². The molecule has 1 saturated carbocycles. The maximum Gasteiger partial charge on any atom is 0.335 e. The lowest BCUT2D eigenvalue weighted by Gasteiger charge is -2.30. The molecule has 0 bridgehead atoms. The number of likely N-dealkylation sites (N-methyl/N-ethyl adjacent to an activating group) is 1. The molecule has 1 aliphatic carbocycles. The smallest absolute Gasteiger partial charge is 0.335 e. The van der Waals surface area contributed by atoms with Crippen LogP contribution in [0.15, 0.2) is 46.5 Å². The monoisotopic (exact) mass is 410 g/mol. The zero-order valence-corrected chi connectivity index (χ0v) is 16.9. The predicted molar refractivity (Wildman–Crippen MR) is 113 cm³/mol. The standard InChI is InChI=1S/C22H22N2O4S/c1-23-18(20(25)24(22(23)29)16-8-3-2-4-9-16)13-17-10-11-19(28-17)14-6-5-7-15(12-14)21(26)27/h5-7,10-13,16H,2-4,8-9H2,1H3,(H,26,27)/b18-13-. The van der Waals surface area contributed by atoms with E-state index in [9.17, 15) is 9.59 Å². The van der Waals surface area contributed by atoms with Crippen LogP contribution in [0, 0.1) is 0 Å². The van der Waals surface area contributed by atoms with Crippen molar-refractivity contribution in [1.29, 1.82) is 0 Å². The summed E-state index contributed by atoms with van der Waals surface area (Å²) >= 11 is 5.54. The van der Waals surface area contributed by atoms with Crippen molar-refractivity contribution < 1.29 is 19.1 Å². The second kappa shape index (κ2) is 7.83.